The highest BCUT2D eigenvalue weighted by Crippen LogP contribution is 2.83. The highest BCUT2D eigenvalue weighted by Gasteiger charge is 2.69. The molecule has 0 aromatic carbocycles. The van der Waals surface area contributed by atoms with Gasteiger partial charge in [-0.05, 0) is 19.7 Å². The molecular weight excluding hydrogens is 338 g/mol. The summed E-state index contributed by atoms with van der Waals surface area (Å²) in [5.74, 6) is 2.27. The van der Waals surface area contributed by atoms with Crippen molar-refractivity contribution in [1.82, 2.24) is 9.34 Å². The van der Waals surface area contributed by atoms with Gasteiger partial charge >= 0.3 is 0 Å². The van der Waals surface area contributed by atoms with Crippen molar-refractivity contribution in [2.45, 2.75) is 58.5 Å². The van der Waals surface area contributed by atoms with E-state index in [-0.39, 0.29) is 22.9 Å². The van der Waals surface area contributed by atoms with Crippen LogP contribution < -0.4 is 0 Å². The third-order valence-corrected chi connectivity index (χ3v) is 14.7. The van der Waals surface area contributed by atoms with E-state index in [1.54, 1.807) is 0 Å². The first-order valence-corrected chi connectivity index (χ1v) is 13.0. The van der Waals surface area contributed by atoms with Crippen LogP contribution in [0.1, 0.15) is 41.5 Å². The molecule has 4 nitrogen and oxygen atoms in total. The van der Waals surface area contributed by atoms with Crippen LogP contribution in [0, 0.1) is 5.92 Å². The van der Waals surface area contributed by atoms with Gasteiger partial charge in [0.25, 0.3) is 0 Å². The Labute approximate surface area is 147 Å². The largest absolute Gasteiger partial charge is 0.305 e. The molecule has 0 spiro atoms. The number of hydrogen-bond donors (Lipinski definition) is 0. The second-order valence-corrected chi connectivity index (χ2v) is 13.2. The van der Waals surface area contributed by atoms with Crippen molar-refractivity contribution in [3.8, 4) is 0 Å². The van der Waals surface area contributed by atoms with Crippen molar-refractivity contribution in [3.63, 3.8) is 0 Å². The Kier molecular flexibility index (Phi) is 4.84. The third-order valence-electron chi connectivity index (χ3n) is 6.47. The Bertz CT molecular complexity index is 677. The summed E-state index contributed by atoms with van der Waals surface area (Å²) in [5.41, 5.74) is 2.54. The summed E-state index contributed by atoms with van der Waals surface area (Å²) in [6.45, 7) is 15.8. The predicted octanol–water partition coefficient (Wildman–Crippen LogP) is 4.84. The van der Waals surface area contributed by atoms with Gasteiger partial charge in [0.1, 0.15) is 0 Å². The van der Waals surface area contributed by atoms with Crippen LogP contribution in [-0.4, -0.2) is 52.5 Å². The van der Waals surface area contributed by atoms with E-state index in [1.165, 1.54) is 11.1 Å². The fourth-order valence-corrected chi connectivity index (χ4v) is 15.2. The summed E-state index contributed by atoms with van der Waals surface area (Å²) < 4.78 is 32.7. The molecule has 0 aromatic heterocycles. The molecule has 2 unspecified atom stereocenters. The maximum Gasteiger partial charge on any atom is 0.176 e. The van der Waals surface area contributed by atoms with Crippen molar-refractivity contribution in [2.24, 2.45) is 5.92 Å². The number of allylic oxidation sites excluding steroid dienone is 3. The first-order chi connectivity index (χ1) is 11.3. The topological polar surface area (TPSA) is 40.6 Å². The number of nitrogens with zero attached hydrogens (tertiary/aromatic N) is 2. The van der Waals surface area contributed by atoms with Crippen molar-refractivity contribution in [3.05, 3.63) is 23.0 Å². The van der Waals surface area contributed by atoms with Gasteiger partial charge in [-0.1, -0.05) is 44.9 Å². The Hall–Kier alpha value is -0.140. The van der Waals surface area contributed by atoms with Gasteiger partial charge in [0, 0.05) is 32.1 Å². The molecular formula is C18H32N2O2P2. The van der Waals surface area contributed by atoms with E-state index in [0.717, 1.165) is 26.2 Å². The molecule has 6 heteroatoms. The predicted molar refractivity (Wildman–Crippen MR) is 103 cm³/mol. The molecule has 6 atom stereocenters. The van der Waals surface area contributed by atoms with Crippen LogP contribution in [0.25, 0.3) is 0 Å². The lowest BCUT2D eigenvalue weighted by Gasteiger charge is -2.35. The molecule has 0 N–H and O–H groups in total. The van der Waals surface area contributed by atoms with Gasteiger partial charge in [0.05, 0.1) is 17.0 Å². The first-order valence-electron chi connectivity index (χ1n) is 9.38. The maximum absolute atomic E-state index is 14.3. The SMILES string of the molecule is CCN(CC)P1(=O)C=C(C)[C@@H]2[C@H]1[C@@H]1C=C(C)[C@H]2P1(=O)N(CC)CC. The molecule has 136 valence electrons. The molecule has 0 radical (unpaired) electrons. The monoisotopic (exact) mass is 370 g/mol. The summed E-state index contributed by atoms with van der Waals surface area (Å²) >= 11 is 0. The molecule has 0 amide bonds. The summed E-state index contributed by atoms with van der Waals surface area (Å²) in [5, 5.41) is 0. The van der Waals surface area contributed by atoms with Crippen molar-refractivity contribution in [1.29, 1.82) is 0 Å². The Morgan fingerprint density at radius 1 is 0.917 bits per heavy atom. The maximum atomic E-state index is 14.3. The molecule has 3 aliphatic rings. The average Bonchev–Trinajstić information content (AvgIpc) is 3.05. The fraction of sp³-hybridized carbons (Fsp3) is 0.778. The summed E-state index contributed by atoms with van der Waals surface area (Å²) in [6.07, 6.45) is 2.22. The van der Waals surface area contributed by atoms with Gasteiger partial charge in [-0.15, -0.1) is 0 Å². The molecule has 0 aliphatic carbocycles. The van der Waals surface area contributed by atoms with Crippen LogP contribution in [0.4, 0.5) is 0 Å². The van der Waals surface area contributed by atoms with Gasteiger partial charge in [-0.2, -0.15) is 0 Å². The minimum atomic E-state index is -2.62. The summed E-state index contributed by atoms with van der Waals surface area (Å²) in [7, 11) is -5.18. The second kappa shape index (κ2) is 6.23. The lowest BCUT2D eigenvalue weighted by atomic mass is 9.85. The number of rotatable bonds is 6. The second-order valence-electron chi connectivity index (χ2n) is 7.36. The fourth-order valence-electron chi connectivity index (χ4n) is 5.58. The highest BCUT2D eigenvalue weighted by atomic mass is 31.2. The van der Waals surface area contributed by atoms with E-state index in [9.17, 15) is 9.13 Å². The van der Waals surface area contributed by atoms with E-state index in [0.29, 0.717) is 0 Å². The van der Waals surface area contributed by atoms with E-state index in [1.807, 2.05) is 0 Å². The lowest BCUT2D eigenvalue weighted by molar-refractivity contribution is 0.432. The first kappa shape index (κ1) is 18.6. The number of fused-ring (bicyclic) bond motifs is 5. The molecule has 3 aliphatic heterocycles. The van der Waals surface area contributed by atoms with Crippen molar-refractivity contribution in [2.75, 3.05) is 26.2 Å². The third kappa shape index (κ3) is 2.13. The average molecular weight is 370 g/mol. The molecule has 3 heterocycles. The quantitative estimate of drug-likeness (QED) is 0.496. The van der Waals surface area contributed by atoms with Crippen LogP contribution in [0.15, 0.2) is 23.0 Å². The van der Waals surface area contributed by atoms with E-state index in [2.05, 4.69) is 62.8 Å². The zero-order valence-electron chi connectivity index (χ0n) is 15.9. The van der Waals surface area contributed by atoms with Crippen LogP contribution in [0.3, 0.4) is 0 Å². The van der Waals surface area contributed by atoms with Crippen LogP contribution in [0.5, 0.6) is 0 Å². The Morgan fingerprint density at radius 3 is 1.96 bits per heavy atom. The van der Waals surface area contributed by atoms with Gasteiger partial charge < -0.3 is 9.13 Å². The van der Waals surface area contributed by atoms with Gasteiger partial charge in [-0.3, -0.25) is 9.34 Å². The van der Waals surface area contributed by atoms with Gasteiger partial charge in [-0.25, -0.2) is 0 Å². The van der Waals surface area contributed by atoms with Gasteiger partial charge in [0.15, 0.2) is 14.6 Å². The minimum Gasteiger partial charge on any atom is -0.305 e. The summed E-state index contributed by atoms with van der Waals surface area (Å²) in [4.78, 5) is 0. The molecule has 2 bridgehead atoms. The van der Waals surface area contributed by atoms with Crippen LogP contribution in [-0.2, 0) is 9.13 Å². The smallest absolute Gasteiger partial charge is 0.176 e. The number of hydrogen-bond acceptors (Lipinski definition) is 2. The van der Waals surface area contributed by atoms with Crippen molar-refractivity contribution >= 4 is 14.6 Å². The molecule has 1 fully saturated rings. The highest BCUT2D eigenvalue weighted by molar-refractivity contribution is 7.70. The molecule has 0 saturated carbocycles. The van der Waals surface area contributed by atoms with E-state index >= 15 is 0 Å². The zero-order chi connectivity index (χ0) is 17.9. The Morgan fingerprint density at radius 2 is 1.46 bits per heavy atom. The van der Waals surface area contributed by atoms with Gasteiger partial charge in [0.2, 0.25) is 0 Å². The molecule has 3 rings (SSSR count). The minimum absolute atomic E-state index is 0.0255. The van der Waals surface area contributed by atoms with Crippen LogP contribution in [0.2, 0.25) is 0 Å². The summed E-state index contributed by atoms with van der Waals surface area (Å²) in [6, 6.07) is 0. The Balaban J connectivity index is 2.14. The molecule has 24 heavy (non-hydrogen) atoms. The zero-order valence-corrected chi connectivity index (χ0v) is 17.7. The van der Waals surface area contributed by atoms with E-state index in [4.69, 9.17) is 0 Å². The lowest BCUT2D eigenvalue weighted by Crippen LogP contribution is -2.33. The normalized spacial score (nSPS) is 43.5. The van der Waals surface area contributed by atoms with Crippen LogP contribution >= 0.6 is 14.6 Å². The molecule has 0 aromatic rings. The molecule has 1 saturated heterocycles. The standard InChI is InChI=1S/C18H32N2O2P2/c1-7-19(8-2)23(21)12-14(6)16-17-13(5)11-15(18(16)23)24(17,22)20(9-3)10-4/h11-12,15-18H,7-10H2,1-6H3/t15-,16-,17+,18+,23?,24?/m0/s1. The van der Waals surface area contributed by atoms with Crippen molar-refractivity contribution < 1.29 is 9.13 Å². The van der Waals surface area contributed by atoms with E-state index < -0.39 is 14.6 Å².